The van der Waals surface area contributed by atoms with Crippen molar-refractivity contribution in [3.05, 3.63) is 29.6 Å². The smallest absolute Gasteiger partial charge is 0.337 e. The van der Waals surface area contributed by atoms with Gasteiger partial charge in [0, 0.05) is 30.5 Å². The van der Waals surface area contributed by atoms with E-state index in [1.807, 2.05) is 0 Å². The molecule has 114 valence electrons. The van der Waals surface area contributed by atoms with Crippen molar-refractivity contribution in [2.24, 2.45) is 0 Å². The molecule has 1 aromatic carbocycles. The number of nitrogens with one attached hydrogen (secondary N) is 2. The Bertz CT molecular complexity index is 533. The second kappa shape index (κ2) is 7.42. The molecule has 2 N–H and O–H groups in total. The van der Waals surface area contributed by atoms with Crippen LogP contribution in [0.5, 0.6) is 0 Å². The van der Waals surface area contributed by atoms with Crippen LogP contribution < -0.4 is 10.6 Å². The molecular weight excluding hydrogens is 295 g/mol. The fourth-order valence-corrected chi connectivity index (χ4v) is 2.99. The number of carbonyl (C=O) groups excluding carboxylic acids is 2. The number of hydrogen-bond acceptors (Lipinski definition) is 5. The van der Waals surface area contributed by atoms with E-state index in [0.29, 0.717) is 0 Å². The van der Waals surface area contributed by atoms with Gasteiger partial charge in [-0.15, -0.1) is 0 Å². The van der Waals surface area contributed by atoms with Crippen LogP contribution in [0.15, 0.2) is 18.2 Å². The zero-order valence-corrected chi connectivity index (χ0v) is 12.5. The van der Waals surface area contributed by atoms with Crippen LogP contribution in [0.25, 0.3) is 0 Å². The van der Waals surface area contributed by atoms with Crippen molar-refractivity contribution in [2.75, 3.05) is 30.5 Å². The number of thioether (sulfide) groups is 1. The van der Waals surface area contributed by atoms with Crippen molar-refractivity contribution in [3.63, 3.8) is 0 Å². The van der Waals surface area contributed by atoms with E-state index in [1.54, 1.807) is 11.8 Å². The standard InChI is InChI=1S/C14H17FN2O3S/c1-20-14(19)9-2-3-11(15)12(6-9)17-13(18)7-10-8-21-5-4-16-10/h2-3,6,10,16H,4-5,7-8H2,1H3,(H,17,18). The summed E-state index contributed by atoms with van der Waals surface area (Å²) in [5, 5.41) is 5.75. The number of esters is 1. The van der Waals surface area contributed by atoms with Crippen LogP contribution in [0, 0.1) is 5.82 Å². The molecule has 0 saturated carbocycles. The zero-order valence-electron chi connectivity index (χ0n) is 11.6. The second-order valence-corrected chi connectivity index (χ2v) is 5.81. The van der Waals surface area contributed by atoms with Gasteiger partial charge in [0.15, 0.2) is 0 Å². The quantitative estimate of drug-likeness (QED) is 0.828. The predicted molar refractivity (Wildman–Crippen MR) is 80.1 cm³/mol. The third kappa shape index (κ3) is 4.44. The minimum absolute atomic E-state index is 0.00800. The number of halogens is 1. The van der Waals surface area contributed by atoms with Gasteiger partial charge in [-0.2, -0.15) is 11.8 Å². The molecule has 1 aliphatic rings. The number of ether oxygens (including phenoxy) is 1. The monoisotopic (exact) mass is 312 g/mol. The predicted octanol–water partition coefficient (Wildman–Crippen LogP) is 1.65. The molecule has 1 aliphatic heterocycles. The van der Waals surface area contributed by atoms with Crippen LogP contribution in [0.4, 0.5) is 10.1 Å². The van der Waals surface area contributed by atoms with E-state index in [0.717, 1.165) is 24.1 Å². The van der Waals surface area contributed by atoms with Crippen molar-refractivity contribution < 1.29 is 18.7 Å². The number of hydrogen-bond donors (Lipinski definition) is 2. The highest BCUT2D eigenvalue weighted by atomic mass is 32.2. The number of methoxy groups -OCH3 is 1. The minimum atomic E-state index is -0.581. The van der Waals surface area contributed by atoms with Crippen molar-refractivity contribution in [1.82, 2.24) is 5.32 Å². The fraction of sp³-hybridized carbons (Fsp3) is 0.429. The first-order valence-corrected chi connectivity index (χ1v) is 7.74. The Balaban J connectivity index is 2.00. The molecule has 21 heavy (non-hydrogen) atoms. The SMILES string of the molecule is COC(=O)c1ccc(F)c(NC(=O)CC2CSCCN2)c1. The summed E-state index contributed by atoms with van der Waals surface area (Å²) in [6.07, 6.45) is 0.273. The molecule has 0 aliphatic carbocycles. The van der Waals surface area contributed by atoms with Crippen molar-refractivity contribution in [1.29, 1.82) is 0 Å². The fourth-order valence-electron chi connectivity index (χ4n) is 2.04. The summed E-state index contributed by atoms with van der Waals surface area (Å²) >= 11 is 1.79. The summed E-state index contributed by atoms with van der Waals surface area (Å²) in [5.74, 6) is 0.459. The molecule has 1 unspecified atom stereocenters. The van der Waals surface area contributed by atoms with E-state index in [2.05, 4.69) is 15.4 Å². The third-order valence-corrected chi connectivity index (χ3v) is 4.22. The molecule has 1 atom stereocenters. The van der Waals surface area contributed by atoms with Crippen molar-refractivity contribution in [2.45, 2.75) is 12.5 Å². The van der Waals surface area contributed by atoms with Crippen LogP contribution in [-0.2, 0) is 9.53 Å². The lowest BCUT2D eigenvalue weighted by Gasteiger charge is -2.22. The van der Waals surface area contributed by atoms with Crippen LogP contribution in [0.2, 0.25) is 0 Å². The first-order chi connectivity index (χ1) is 10.1. The Morgan fingerprint density at radius 3 is 3.00 bits per heavy atom. The average Bonchev–Trinajstić information content (AvgIpc) is 2.49. The molecule has 1 saturated heterocycles. The van der Waals surface area contributed by atoms with Gasteiger partial charge in [-0.1, -0.05) is 0 Å². The molecule has 1 heterocycles. The zero-order chi connectivity index (χ0) is 15.2. The van der Waals surface area contributed by atoms with E-state index in [1.165, 1.54) is 19.2 Å². The normalized spacial score (nSPS) is 18.1. The van der Waals surface area contributed by atoms with Gasteiger partial charge >= 0.3 is 5.97 Å². The van der Waals surface area contributed by atoms with E-state index in [9.17, 15) is 14.0 Å². The summed E-state index contributed by atoms with van der Waals surface area (Å²) in [7, 11) is 1.25. The number of amides is 1. The van der Waals surface area contributed by atoms with Gasteiger partial charge in [0.05, 0.1) is 18.4 Å². The highest BCUT2D eigenvalue weighted by molar-refractivity contribution is 7.99. The van der Waals surface area contributed by atoms with E-state index in [4.69, 9.17) is 0 Å². The van der Waals surface area contributed by atoms with Crippen LogP contribution >= 0.6 is 11.8 Å². The number of rotatable bonds is 4. The van der Waals surface area contributed by atoms with Gasteiger partial charge in [0.2, 0.25) is 5.91 Å². The molecule has 0 aromatic heterocycles. The topological polar surface area (TPSA) is 67.4 Å². The molecule has 5 nitrogen and oxygen atoms in total. The molecule has 2 rings (SSSR count). The highest BCUT2D eigenvalue weighted by Gasteiger charge is 2.18. The second-order valence-electron chi connectivity index (χ2n) is 4.66. The van der Waals surface area contributed by atoms with Gasteiger partial charge in [-0.25, -0.2) is 9.18 Å². The van der Waals surface area contributed by atoms with Gasteiger partial charge in [0.25, 0.3) is 0 Å². The molecule has 0 bridgehead atoms. The lowest BCUT2D eigenvalue weighted by molar-refractivity contribution is -0.116. The lowest BCUT2D eigenvalue weighted by atomic mass is 10.1. The Morgan fingerprint density at radius 2 is 2.33 bits per heavy atom. The number of anilines is 1. The highest BCUT2D eigenvalue weighted by Crippen LogP contribution is 2.18. The average molecular weight is 312 g/mol. The summed E-state index contributed by atoms with van der Waals surface area (Å²) in [6, 6.07) is 3.82. The van der Waals surface area contributed by atoms with Gasteiger partial charge in [0.1, 0.15) is 5.82 Å². The molecule has 7 heteroatoms. The molecule has 1 fully saturated rings. The van der Waals surface area contributed by atoms with Gasteiger partial charge < -0.3 is 15.4 Å². The minimum Gasteiger partial charge on any atom is -0.465 e. The van der Waals surface area contributed by atoms with Gasteiger partial charge in [-0.3, -0.25) is 4.79 Å². The van der Waals surface area contributed by atoms with Gasteiger partial charge in [-0.05, 0) is 18.2 Å². The van der Waals surface area contributed by atoms with E-state index >= 15 is 0 Å². The van der Waals surface area contributed by atoms with Crippen LogP contribution in [-0.4, -0.2) is 43.1 Å². The maximum Gasteiger partial charge on any atom is 0.337 e. The first-order valence-electron chi connectivity index (χ1n) is 6.59. The Kier molecular flexibility index (Phi) is 5.58. The van der Waals surface area contributed by atoms with E-state index < -0.39 is 11.8 Å². The summed E-state index contributed by atoms with van der Waals surface area (Å²) in [5.41, 5.74) is 0.187. The molecular formula is C14H17FN2O3S. The van der Waals surface area contributed by atoms with E-state index in [-0.39, 0.29) is 29.6 Å². The van der Waals surface area contributed by atoms with Crippen molar-refractivity contribution >= 4 is 29.3 Å². The molecule has 0 spiro atoms. The largest absolute Gasteiger partial charge is 0.465 e. The van der Waals surface area contributed by atoms with Crippen LogP contribution in [0.3, 0.4) is 0 Å². The Morgan fingerprint density at radius 1 is 1.52 bits per heavy atom. The number of carbonyl (C=O) groups is 2. The van der Waals surface area contributed by atoms with Crippen molar-refractivity contribution in [3.8, 4) is 0 Å². The Hall–Kier alpha value is -1.60. The lowest BCUT2D eigenvalue weighted by Crippen LogP contribution is -2.40. The van der Waals surface area contributed by atoms with Crippen LogP contribution in [0.1, 0.15) is 16.8 Å². The Labute approximate surface area is 126 Å². The maximum atomic E-state index is 13.7. The molecule has 1 amide bonds. The number of benzene rings is 1. The maximum absolute atomic E-state index is 13.7. The molecule has 1 aromatic rings. The first kappa shape index (κ1) is 15.8. The summed E-state index contributed by atoms with van der Waals surface area (Å²) in [6.45, 7) is 0.870. The summed E-state index contributed by atoms with van der Waals surface area (Å²) in [4.78, 5) is 23.3. The third-order valence-electron chi connectivity index (χ3n) is 3.09. The summed E-state index contributed by atoms with van der Waals surface area (Å²) < 4.78 is 18.3. The molecule has 0 radical (unpaired) electrons.